The summed E-state index contributed by atoms with van der Waals surface area (Å²) >= 11 is 11.2. The molecule has 3 saturated carbocycles. The molecular formula is C18H20Br3NO3. The number of amides is 1. The molecular weight excluding hydrogens is 518 g/mol. The van der Waals surface area contributed by atoms with Gasteiger partial charge >= 0.3 is 5.97 Å². The van der Waals surface area contributed by atoms with Crippen molar-refractivity contribution in [1.82, 2.24) is 0 Å². The van der Waals surface area contributed by atoms with Gasteiger partial charge in [0.1, 0.15) is 0 Å². The molecule has 1 aromatic carbocycles. The molecule has 3 unspecified atom stereocenters. The molecule has 25 heavy (non-hydrogen) atoms. The maximum Gasteiger partial charge on any atom is 0.337 e. The number of carbonyl (C=O) groups excluding carboxylic acids is 2. The molecule has 2 bridgehead atoms. The van der Waals surface area contributed by atoms with Crippen LogP contribution < -0.4 is 5.32 Å². The van der Waals surface area contributed by atoms with Crippen molar-refractivity contribution in [2.45, 2.75) is 35.3 Å². The van der Waals surface area contributed by atoms with Crippen molar-refractivity contribution in [2.75, 3.05) is 12.4 Å². The molecule has 0 spiro atoms. The van der Waals surface area contributed by atoms with Crippen molar-refractivity contribution in [2.24, 2.45) is 16.2 Å². The van der Waals surface area contributed by atoms with E-state index in [1.807, 2.05) is 0 Å². The van der Waals surface area contributed by atoms with E-state index in [0.717, 1.165) is 12.8 Å². The largest absolute Gasteiger partial charge is 0.465 e. The number of nitrogens with one attached hydrogen (secondary N) is 1. The second kappa shape index (κ2) is 6.34. The summed E-state index contributed by atoms with van der Waals surface area (Å²) in [4.78, 5) is 24.8. The molecule has 0 heterocycles. The lowest BCUT2D eigenvalue weighted by atomic mass is 9.43. The molecule has 3 aliphatic rings. The summed E-state index contributed by atoms with van der Waals surface area (Å²) in [5.41, 5.74) is 0.540. The Balaban J connectivity index is 1.82. The summed E-state index contributed by atoms with van der Waals surface area (Å²) in [5.74, 6) is -0.364. The summed E-state index contributed by atoms with van der Waals surface area (Å²) in [6, 6.07) is 6.77. The minimum atomic E-state index is -0.451. The number of benzene rings is 1. The predicted molar refractivity (Wildman–Crippen MR) is 109 cm³/mol. The molecule has 4 rings (SSSR count). The van der Waals surface area contributed by atoms with Gasteiger partial charge in [-0.2, -0.15) is 0 Å². The maximum atomic E-state index is 13.2. The van der Waals surface area contributed by atoms with Crippen molar-refractivity contribution >= 4 is 65.4 Å². The molecule has 3 fully saturated rings. The van der Waals surface area contributed by atoms with Crippen LogP contribution in [-0.4, -0.2) is 27.5 Å². The van der Waals surface area contributed by atoms with Crippen LogP contribution in [0.4, 0.5) is 5.69 Å². The first-order valence-electron chi connectivity index (χ1n) is 8.07. The number of carbonyl (C=O) groups is 2. The Bertz CT molecular complexity index is 719. The average Bonchev–Trinajstić information content (AvgIpc) is 3.04. The van der Waals surface area contributed by atoms with E-state index in [9.17, 15) is 9.59 Å². The molecule has 1 N–H and O–H groups in total. The van der Waals surface area contributed by atoms with E-state index in [4.69, 9.17) is 4.74 Å². The van der Waals surface area contributed by atoms with Gasteiger partial charge in [-0.05, 0) is 42.5 Å². The first-order chi connectivity index (χ1) is 11.6. The average molecular weight is 538 g/mol. The van der Waals surface area contributed by atoms with Gasteiger partial charge in [0.15, 0.2) is 0 Å². The van der Waals surface area contributed by atoms with Crippen molar-refractivity contribution in [1.29, 1.82) is 0 Å². The summed E-state index contributed by atoms with van der Waals surface area (Å²) < 4.78 is 4.84. The number of fused-ring (bicyclic) bond motifs is 1. The van der Waals surface area contributed by atoms with Crippen LogP contribution >= 0.6 is 47.8 Å². The lowest BCUT2D eigenvalue weighted by Crippen LogP contribution is -2.71. The van der Waals surface area contributed by atoms with Gasteiger partial charge in [-0.3, -0.25) is 4.79 Å². The topological polar surface area (TPSA) is 55.4 Å². The molecule has 3 aliphatic carbocycles. The Hall–Kier alpha value is -0.400. The van der Waals surface area contributed by atoms with Gasteiger partial charge < -0.3 is 10.1 Å². The number of hydrogen-bond acceptors (Lipinski definition) is 3. The first-order valence-corrected chi connectivity index (χ1v) is 10.8. The van der Waals surface area contributed by atoms with Crippen LogP contribution in [0.3, 0.4) is 0 Å². The van der Waals surface area contributed by atoms with Crippen LogP contribution in [0.5, 0.6) is 0 Å². The van der Waals surface area contributed by atoms with Crippen LogP contribution in [0.15, 0.2) is 24.3 Å². The molecule has 3 atom stereocenters. The van der Waals surface area contributed by atoms with Crippen molar-refractivity contribution < 1.29 is 14.3 Å². The van der Waals surface area contributed by atoms with Gasteiger partial charge in [-0.1, -0.05) is 61.6 Å². The molecule has 7 heteroatoms. The highest BCUT2D eigenvalue weighted by molar-refractivity contribution is 9.24. The van der Waals surface area contributed by atoms with E-state index in [1.165, 1.54) is 7.11 Å². The monoisotopic (exact) mass is 535 g/mol. The van der Waals surface area contributed by atoms with Gasteiger partial charge in [0.05, 0.1) is 21.8 Å². The second-order valence-electron chi connectivity index (χ2n) is 7.32. The second-order valence-corrected chi connectivity index (χ2v) is 11.3. The third-order valence-corrected chi connectivity index (χ3v) is 9.69. The molecule has 4 nitrogen and oxygen atoms in total. The first kappa shape index (κ1) is 19.4. The molecule has 136 valence electrons. The zero-order valence-corrected chi connectivity index (χ0v) is 19.0. The number of rotatable bonds is 4. The van der Waals surface area contributed by atoms with E-state index in [2.05, 4.69) is 67.0 Å². The van der Waals surface area contributed by atoms with Crippen LogP contribution in [0.1, 0.15) is 37.0 Å². The highest BCUT2D eigenvalue weighted by Crippen LogP contribution is 2.82. The molecule has 0 aromatic heterocycles. The lowest BCUT2D eigenvalue weighted by Gasteiger charge is -2.66. The van der Waals surface area contributed by atoms with E-state index < -0.39 is 11.4 Å². The Morgan fingerprint density at radius 3 is 2.24 bits per heavy atom. The number of ether oxygens (including phenoxy) is 1. The van der Waals surface area contributed by atoms with Crippen molar-refractivity contribution in [3.05, 3.63) is 29.8 Å². The van der Waals surface area contributed by atoms with Gasteiger partial charge in [-0.15, -0.1) is 0 Å². The quantitative estimate of drug-likeness (QED) is 0.429. The van der Waals surface area contributed by atoms with Crippen LogP contribution in [0.25, 0.3) is 0 Å². The van der Waals surface area contributed by atoms with E-state index in [0.29, 0.717) is 11.3 Å². The zero-order chi connectivity index (χ0) is 18.6. The van der Waals surface area contributed by atoms with Gasteiger partial charge in [0, 0.05) is 15.9 Å². The predicted octanol–water partition coefficient (Wildman–Crippen LogP) is 5.10. The Morgan fingerprint density at radius 2 is 1.80 bits per heavy atom. The molecule has 1 amide bonds. The molecule has 0 aliphatic heterocycles. The van der Waals surface area contributed by atoms with Crippen LogP contribution in [-0.2, 0) is 9.53 Å². The fraction of sp³-hybridized carbons (Fsp3) is 0.556. The normalized spacial score (nSPS) is 32.2. The lowest BCUT2D eigenvalue weighted by molar-refractivity contribution is -0.155. The van der Waals surface area contributed by atoms with E-state index in [1.54, 1.807) is 24.3 Å². The van der Waals surface area contributed by atoms with Gasteiger partial charge in [0.25, 0.3) is 0 Å². The number of anilines is 1. The molecule has 0 radical (unpaired) electrons. The number of hydrogen-bond donors (Lipinski definition) is 1. The summed E-state index contributed by atoms with van der Waals surface area (Å²) in [6.07, 6.45) is 1.82. The van der Waals surface area contributed by atoms with Gasteiger partial charge in [-0.25, -0.2) is 4.79 Å². The third kappa shape index (κ3) is 2.34. The highest BCUT2D eigenvalue weighted by Gasteiger charge is 2.83. The third-order valence-electron chi connectivity index (χ3n) is 6.46. The smallest absolute Gasteiger partial charge is 0.337 e. The summed E-state index contributed by atoms with van der Waals surface area (Å²) in [7, 11) is 1.35. The Morgan fingerprint density at radius 1 is 1.20 bits per heavy atom. The van der Waals surface area contributed by atoms with Crippen molar-refractivity contribution in [3.8, 4) is 0 Å². The van der Waals surface area contributed by atoms with Gasteiger partial charge in [0.2, 0.25) is 5.91 Å². The zero-order valence-electron chi connectivity index (χ0n) is 14.2. The summed E-state index contributed by atoms with van der Waals surface area (Å²) in [6.45, 7) is 4.35. The SMILES string of the molecule is COC(=O)c1ccc(NC(=O)C23CCC(C(Br)Br)(C2Br)C3(C)C)cc1. The van der Waals surface area contributed by atoms with Crippen LogP contribution in [0.2, 0.25) is 0 Å². The fourth-order valence-electron chi connectivity index (χ4n) is 4.75. The Labute approximate surface area is 172 Å². The molecule has 0 saturated heterocycles. The number of alkyl halides is 3. The highest BCUT2D eigenvalue weighted by atomic mass is 79.9. The molecule has 1 aromatic rings. The number of methoxy groups -OCH3 is 1. The van der Waals surface area contributed by atoms with E-state index >= 15 is 0 Å². The summed E-state index contributed by atoms with van der Waals surface area (Å²) in [5, 5.41) is 3.04. The van der Waals surface area contributed by atoms with Crippen LogP contribution in [0, 0.1) is 16.2 Å². The standard InChI is InChI=1S/C18H20Br3NO3/c1-16(2)17(14(20)21)8-9-18(16,13(17)19)15(24)22-11-6-4-10(5-7-11)12(23)25-3/h4-7,13-14H,8-9H2,1-3H3,(H,22,24). The fourth-order valence-corrected chi connectivity index (χ4v) is 9.66. The minimum Gasteiger partial charge on any atom is -0.465 e. The van der Waals surface area contributed by atoms with E-state index in [-0.39, 0.29) is 25.3 Å². The Kier molecular flexibility index (Phi) is 4.91. The minimum absolute atomic E-state index is 0.000911. The number of esters is 1. The number of halogens is 3. The van der Waals surface area contributed by atoms with Crippen molar-refractivity contribution in [3.63, 3.8) is 0 Å². The maximum absolute atomic E-state index is 13.2.